The molecule has 0 unspecified atom stereocenters. The van der Waals surface area contributed by atoms with Crippen molar-refractivity contribution in [2.45, 2.75) is 39.5 Å². The summed E-state index contributed by atoms with van der Waals surface area (Å²) in [5, 5.41) is 24.4. The van der Waals surface area contributed by atoms with Crippen LogP contribution in [0, 0.1) is 0 Å². The summed E-state index contributed by atoms with van der Waals surface area (Å²) in [7, 11) is 0. The Morgan fingerprint density at radius 1 is 0.647 bits per heavy atom. The van der Waals surface area contributed by atoms with Crippen LogP contribution in [-0.4, -0.2) is 52.8 Å². The summed E-state index contributed by atoms with van der Waals surface area (Å²) in [6.45, 7) is 4.70. The number of amides is 2. The van der Waals surface area contributed by atoms with Gasteiger partial charge in [0.05, 0.1) is 22.3 Å². The van der Waals surface area contributed by atoms with E-state index in [4.69, 9.17) is 0 Å². The van der Waals surface area contributed by atoms with E-state index >= 15 is 0 Å². The first-order valence-corrected chi connectivity index (χ1v) is 11.1. The predicted molar refractivity (Wildman–Crippen MR) is 125 cm³/mol. The van der Waals surface area contributed by atoms with E-state index in [0.29, 0.717) is 13.1 Å². The van der Waals surface area contributed by atoms with Crippen LogP contribution in [-0.2, 0) is 0 Å². The summed E-state index contributed by atoms with van der Waals surface area (Å²) in [5.74, 6) is -4.50. The van der Waals surface area contributed by atoms with Gasteiger partial charge in [0, 0.05) is 24.2 Å². The highest BCUT2D eigenvalue weighted by Crippen LogP contribution is 2.19. The van der Waals surface area contributed by atoms with Gasteiger partial charge in [-0.2, -0.15) is 0 Å². The number of rotatable bonds is 12. The molecule has 2 aromatic carbocycles. The number of carbonyl (C=O) groups is 5. The molecule has 0 fully saturated rings. The Labute approximate surface area is 197 Å². The van der Waals surface area contributed by atoms with Crippen molar-refractivity contribution < 1.29 is 34.2 Å². The Morgan fingerprint density at radius 2 is 1.03 bits per heavy atom. The Bertz CT molecular complexity index is 1020. The van der Waals surface area contributed by atoms with Gasteiger partial charge in [0.2, 0.25) is 0 Å². The minimum absolute atomic E-state index is 0.0287. The smallest absolute Gasteiger partial charge is 0.336 e. The third kappa shape index (κ3) is 6.50. The maximum Gasteiger partial charge on any atom is 0.336 e. The van der Waals surface area contributed by atoms with Crippen molar-refractivity contribution in [1.82, 2.24) is 10.6 Å². The fourth-order valence-corrected chi connectivity index (χ4v) is 3.24. The van der Waals surface area contributed by atoms with E-state index in [9.17, 15) is 34.2 Å². The van der Waals surface area contributed by atoms with Crippen LogP contribution in [0.3, 0.4) is 0 Å². The number of benzene rings is 2. The van der Waals surface area contributed by atoms with Crippen LogP contribution in [0.5, 0.6) is 0 Å². The van der Waals surface area contributed by atoms with Crippen LogP contribution in [0.15, 0.2) is 36.4 Å². The van der Waals surface area contributed by atoms with Crippen molar-refractivity contribution in [3.8, 4) is 0 Å². The lowest BCUT2D eigenvalue weighted by atomic mass is 9.95. The van der Waals surface area contributed by atoms with Crippen molar-refractivity contribution in [3.05, 3.63) is 69.8 Å². The molecular formula is C25H28N2O7. The van der Waals surface area contributed by atoms with Crippen LogP contribution in [0.2, 0.25) is 0 Å². The van der Waals surface area contributed by atoms with E-state index in [0.717, 1.165) is 37.8 Å². The fraction of sp³-hybridized carbons (Fsp3) is 0.320. The maximum absolute atomic E-state index is 13.0. The molecule has 0 saturated carbocycles. The molecule has 9 nitrogen and oxygen atoms in total. The molecule has 180 valence electrons. The van der Waals surface area contributed by atoms with Gasteiger partial charge in [-0.1, -0.05) is 38.8 Å². The second-order valence-corrected chi connectivity index (χ2v) is 7.68. The highest BCUT2D eigenvalue weighted by Gasteiger charge is 2.22. The van der Waals surface area contributed by atoms with Gasteiger partial charge < -0.3 is 20.8 Å². The summed E-state index contributed by atoms with van der Waals surface area (Å²) in [6, 6.07) is 7.32. The summed E-state index contributed by atoms with van der Waals surface area (Å²) in [5.41, 5.74) is -0.899. The number of carboxylic acids is 2. The Balaban J connectivity index is 2.37. The molecule has 0 aliphatic carbocycles. The average molecular weight is 469 g/mol. The number of unbranched alkanes of at least 4 members (excludes halogenated alkanes) is 2. The number of hydrogen-bond donors (Lipinski definition) is 4. The van der Waals surface area contributed by atoms with Crippen molar-refractivity contribution in [2.24, 2.45) is 0 Å². The second-order valence-electron chi connectivity index (χ2n) is 7.68. The van der Waals surface area contributed by atoms with Gasteiger partial charge in [-0.25, -0.2) is 9.59 Å². The minimum atomic E-state index is -1.37. The highest BCUT2D eigenvalue weighted by molar-refractivity contribution is 6.14. The number of aromatic carboxylic acids is 2. The molecule has 34 heavy (non-hydrogen) atoms. The molecule has 2 aromatic rings. The first-order valence-electron chi connectivity index (χ1n) is 11.1. The topological polar surface area (TPSA) is 150 Å². The monoisotopic (exact) mass is 468 g/mol. The molecular weight excluding hydrogens is 440 g/mol. The molecule has 0 aliphatic rings. The first-order chi connectivity index (χ1) is 16.2. The predicted octanol–water partition coefficient (Wildman–Crippen LogP) is 3.37. The minimum Gasteiger partial charge on any atom is -0.478 e. The van der Waals surface area contributed by atoms with Gasteiger partial charge in [0.25, 0.3) is 11.8 Å². The summed E-state index contributed by atoms with van der Waals surface area (Å²) < 4.78 is 0. The Hall–Kier alpha value is -4.01. The Kier molecular flexibility index (Phi) is 9.49. The quantitative estimate of drug-likeness (QED) is 0.275. The summed E-state index contributed by atoms with van der Waals surface area (Å²) >= 11 is 0. The Morgan fingerprint density at radius 3 is 1.35 bits per heavy atom. The number of ketones is 1. The third-order valence-corrected chi connectivity index (χ3v) is 5.15. The van der Waals surface area contributed by atoms with E-state index in [1.165, 1.54) is 24.3 Å². The lowest BCUT2D eigenvalue weighted by Gasteiger charge is -2.11. The van der Waals surface area contributed by atoms with Gasteiger partial charge in [0.15, 0.2) is 5.78 Å². The van der Waals surface area contributed by atoms with Gasteiger partial charge in [-0.15, -0.1) is 0 Å². The number of nitrogens with one attached hydrogen (secondary N) is 2. The zero-order chi connectivity index (χ0) is 25.3. The van der Waals surface area contributed by atoms with Crippen molar-refractivity contribution >= 4 is 29.5 Å². The molecule has 2 amide bonds. The molecule has 2 rings (SSSR count). The molecule has 0 atom stereocenters. The standard InChI is InChI=1S/C25H28N2O7/c1-3-5-11-26-22(29)17-9-7-15(13-19(17)24(31)32)21(28)16-8-10-18(20(14-16)25(33)34)23(30)27-12-6-4-2/h7-10,13-14H,3-6,11-12H2,1-2H3,(H,26,29)(H,27,30)(H,31,32)(H,33,34). The molecule has 0 bridgehead atoms. The van der Waals surface area contributed by atoms with E-state index < -0.39 is 29.5 Å². The van der Waals surface area contributed by atoms with Gasteiger partial charge in [-0.05, 0) is 37.1 Å². The summed E-state index contributed by atoms with van der Waals surface area (Å²) in [4.78, 5) is 61.1. The largest absolute Gasteiger partial charge is 0.478 e. The second kappa shape index (κ2) is 12.3. The zero-order valence-corrected chi connectivity index (χ0v) is 19.1. The molecule has 0 aromatic heterocycles. The molecule has 0 heterocycles. The summed E-state index contributed by atoms with van der Waals surface area (Å²) in [6.07, 6.45) is 3.19. The van der Waals surface area contributed by atoms with Crippen LogP contribution in [0.1, 0.15) is 96.9 Å². The zero-order valence-electron chi connectivity index (χ0n) is 19.1. The van der Waals surface area contributed by atoms with Gasteiger partial charge >= 0.3 is 11.9 Å². The van der Waals surface area contributed by atoms with Crippen LogP contribution in [0.25, 0.3) is 0 Å². The van der Waals surface area contributed by atoms with E-state index in [1.807, 2.05) is 13.8 Å². The fourth-order valence-electron chi connectivity index (χ4n) is 3.24. The van der Waals surface area contributed by atoms with Gasteiger partial charge in [0.1, 0.15) is 0 Å². The lowest BCUT2D eigenvalue weighted by molar-refractivity contribution is 0.0682. The van der Waals surface area contributed by atoms with E-state index in [2.05, 4.69) is 10.6 Å². The highest BCUT2D eigenvalue weighted by atomic mass is 16.4. The third-order valence-electron chi connectivity index (χ3n) is 5.15. The number of carbonyl (C=O) groups excluding carboxylic acids is 3. The molecule has 9 heteroatoms. The average Bonchev–Trinajstić information content (AvgIpc) is 2.82. The van der Waals surface area contributed by atoms with Crippen molar-refractivity contribution in [2.75, 3.05) is 13.1 Å². The van der Waals surface area contributed by atoms with E-state index in [-0.39, 0.29) is 33.4 Å². The van der Waals surface area contributed by atoms with Crippen LogP contribution in [0.4, 0.5) is 0 Å². The van der Waals surface area contributed by atoms with Crippen molar-refractivity contribution in [3.63, 3.8) is 0 Å². The molecule has 4 N–H and O–H groups in total. The maximum atomic E-state index is 13.0. The number of carboxylic acid groups (broad SMARTS) is 2. The van der Waals surface area contributed by atoms with Crippen molar-refractivity contribution in [1.29, 1.82) is 0 Å². The lowest BCUT2D eigenvalue weighted by Crippen LogP contribution is -2.27. The first kappa shape index (κ1) is 26.2. The molecule has 0 spiro atoms. The number of hydrogen-bond acceptors (Lipinski definition) is 5. The van der Waals surface area contributed by atoms with Gasteiger partial charge in [-0.3, -0.25) is 14.4 Å². The normalized spacial score (nSPS) is 10.4. The van der Waals surface area contributed by atoms with Crippen LogP contribution < -0.4 is 10.6 Å². The molecule has 0 radical (unpaired) electrons. The molecule has 0 aliphatic heterocycles. The molecule has 0 saturated heterocycles. The SMILES string of the molecule is CCCCNC(=O)c1ccc(C(=O)c2ccc(C(=O)NCCCC)c(C(=O)O)c2)cc1C(=O)O. The van der Waals surface area contributed by atoms with Crippen LogP contribution >= 0.6 is 0 Å². The van der Waals surface area contributed by atoms with E-state index in [1.54, 1.807) is 0 Å².